The van der Waals surface area contributed by atoms with Crippen molar-refractivity contribution in [3.8, 4) is 0 Å². The minimum absolute atomic E-state index is 0.324. The van der Waals surface area contributed by atoms with E-state index in [0.29, 0.717) is 5.92 Å². The van der Waals surface area contributed by atoms with Gasteiger partial charge < -0.3 is 5.32 Å². The Morgan fingerprint density at radius 2 is 1.95 bits per heavy atom. The molecule has 106 valence electrons. The topological polar surface area (TPSA) is 37.8 Å². The Balaban J connectivity index is 1.99. The van der Waals surface area contributed by atoms with Crippen LogP contribution in [0.5, 0.6) is 0 Å². The molecule has 0 amide bonds. The number of benzene rings is 1. The van der Waals surface area contributed by atoms with E-state index in [-0.39, 0.29) is 0 Å². The molecular formula is C16H20BrN3. The van der Waals surface area contributed by atoms with Gasteiger partial charge in [0.2, 0.25) is 0 Å². The molecule has 0 fully saturated rings. The molecule has 1 aromatic heterocycles. The minimum atomic E-state index is 0.324. The molecule has 0 atom stereocenters. The summed E-state index contributed by atoms with van der Waals surface area (Å²) >= 11 is 3.44. The van der Waals surface area contributed by atoms with Crippen molar-refractivity contribution in [1.29, 1.82) is 0 Å². The van der Waals surface area contributed by atoms with Crippen LogP contribution in [-0.4, -0.2) is 16.5 Å². The average Bonchev–Trinajstić information content (AvgIpc) is 2.40. The number of anilines is 1. The summed E-state index contributed by atoms with van der Waals surface area (Å²) < 4.78 is 0.828. The summed E-state index contributed by atoms with van der Waals surface area (Å²) in [6.07, 6.45) is 0.991. The molecule has 2 aromatic rings. The van der Waals surface area contributed by atoms with E-state index in [1.54, 1.807) is 0 Å². The Bertz CT molecular complexity index is 582. The second kappa shape index (κ2) is 6.84. The molecule has 1 heterocycles. The predicted molar refractivity (Wildman–Crippen MR) is 87.2 cm³/mol. The van der Waals surface area contributed by atoms with Crippen molar-refractivity contribution >= 4 is 21.7 Å². The molecule has 0 aliphatic heterocycles. The monoisotopic (exact) mass is 333 g/mol. The molecule has 1 aromatic carbocycles. The van der Waals surface area contributed by atoms with Gasteiger partial charge in [0, 0.05) is 18.5 Å². The molecular weight excluding hydrogens is 314 g/mol. The first-order valence-corrected chi connectivity index (χ1v) is 7.68. The van der Waals surface area contributed by atoms with E-state index >= 15 is 0 Å². The Morgan fingerprint density at radius 1 is 1.20 bits per heavy atom. The average molecular weight is 334 g/mol. The first kappa shape index (κ1) is 15.0. The van der Waals surface area contributed by atoms with Gasteiger partial charge in [-0.15, -0.1) is 0 Å². The molecule has 0 bridgehead atoms. The molecule has 3 nitrogen and oxygen atoms in total. The minimum Gasteiger partial charge on any atom is -0.370 e. The molecule has 20 heavy (non-hydrogen) atoms. The van der Waals surface area contributed by atoms with Gasteiger partial charge in [0.1, 0.15) is 16.2 Å². The highest BCUT2D eigenvalue weighted by molar-refractivity contribution is 9.10. The van der Waals surface area contributed by atoms with Gasteiger partial charge in [-0.1, -0.05) is 38.1 Å². The molecule has 0 unspecified atom stereocenters. The summed E-state index contributed by atoms with van der Waals surface area (Å²) in [6, 6.07) is 10.4. The van der Waals surface area contributed by atoms with E-state index in [2.05, 4.69) is 76.3 Å². The number of nitrogens with one attached hydrogen (secondary N) is 1. The number of halogens is 1. The highest BCUT2D eigenvalue weighted by Crippen LogP contribution is 2.17. The van der Waals surface area contributed by atoms with Crippen LogP contribution in [0.2, 0.25) is 0 Å². The van der Waals surface area contributed by atoms with Crippen LogP contribution in [0.3, 0.4) is 0 Å². The van der Waals surface area contributed by atoms with Crippen molar-refractivity contribution in [2.75, 3.05) is 11.9 Å². The standard InChI is InChI=1S/C16H20BrN3/c1-11(2)16-19-14(17)10-15(20-16)18-9-8-13-7-5-4-6-12(13)3/h4-7,10-11H,8-9H2,1-3H3,(H,18,19,20). The van der Waals surface area contributed by atoms with E-state index in [0.717, 1.165) is 29.2 Å². The molecule has 0 saturated carbocycles. The van der Waals surface area contributed by atoms with E-state index in [1.807, 2.05) is 6.07 Å². The fourth-order valence-corrected chi connectivity index (χ4v) is 2.40. The van der Waals surface area contributed by atoms with Gasteiger partial charge in [0.05, 0.1) is 0 Å². The maximum absolute atomic E-state index is 4.53. The van der Waals surface area contributed by atoms with Gasteiger partial charge >= 0.3 is 0 Å². The number of hydrogen-bond donors (Lipinski definition) is 1. The molecule has 0 radical (unpaired) electrons. The Morgan fingerprint density at radius 3 is 2.65 bits per heavy atom. The fourth-order valence-electron chi connectivity index (χ4n) is 2.00. The molecule has 0 saturated heterocycles. The van der Waals surface area contributed by atoms with Gasteiger partial charge in [0.25, 0.3) is 0 Å². The van der Waals surface area contributed by atoms with Gasteiger partial charge in [-0.3, -0.25) is 0 Å². The molecule has 1 N–H and O–H groups in total. The Kier molecular flexibility index (Phi) is 5.12. The van der Waals surface area contributed by atoms with Crippen molar-refractivity contribution in [3.05, 3.63) is 51.9 Å². The molecule has 0 aliphatic rings. The molecule has 0 aliphatic carbocycles. The summed E-state index contributed by atoms with van der Waals surface area (Å²) in [6.45, 7) is 7.21. The lowest BCUT2D eigenvalue weighted by Gasteiger charge is -2.10. The number of nitrogens with zero attached hydrogens (tertiary/aromatic N) is 2. The normalized spacial score (nSPS) is 10.8. The van der Waals surface area contributed by atoms with Crippen LogP contribution < -0.4 is 5.32 Å². The maximum atomic E-state index is 4.53. The lowest BCUT2D eigenvalue weighted by atomic mass is 10.1. The van der Waals surface area contributed by atoms with E-state index in [9.17, 15) is 0 Å². The van der Waals surface area contributed by atoms with E-state index in [1.165, 1.54) is 11.1 Å². The number of rotatable bonds is 5. The lowest BCUT2D eigenvalue weighted by Crippen LogP contribution is -2.09. The van der Waals surface area contributed by atoms with Gasteiger partial charge in [-0.05, 0) is 40.4 Å². The zero-order valence-corrected chi connectivity index (χ0v) is 13.7. The number of aryl methyl sites for hydroxylation is 1. The summed E-state index contributed by atoms with van der Waals surface area (Å²) in [5.41, 5.74) is 2.71. The van der Waals surface area contributed by atoms with E-state index < -0.39 is 0 Å². The zero-order valence-electron chi connectivity index (χ0n) is 12.2. The van der Waals surface area contributed by atoms with Crippen LogP contribution in [-0.2, 0) is 6.42 Å². The van der Waals surface area contributed by atoms with Crippen molar-refractivity contribution in [1.82, 2.24) is 9.97 Å². The van der Waals surface area contributed by atoms with Crippen LogP contribution in [0.15, 0.2) is 34.9 Å². The summed E-state index contributed by atoms with van der Waals surface area (Å²) in [7, 11) is 0. The highest BCUT2D eigenvalue weighted by Gasteiger charge is 2.06. The van der Waals surface area contributed by atoms with Crippen molar-refractivity contribution in [3.63, 3.8) is 0 Å². The number of aromatic nitrogens is 2. The first-order chi connectivity index (χ1) is 9.56. The van der Waals surface area contributed by atoms with Gasteiger partial charge in [-0.2, -0.15) is 0 Å². The van der Waals surface area contributed by atoms with Crippen LogP contribution in [0.4, 0.5) is 5.82 Å². The molecule has 2 rings (SSSR count). The fraction of sp³-hybridized carbons (Fsp3) is 0.375. The van der Waals surface area contributed by atoms with Crippen molar-refractivity contribution < 1.29 is 0 Å². The second-order valence-electron chi connectivity index (χ2n) is 5.19. The Labute approximate surface area is 129 Å². The highest BCUT2D eigenvalue weighted by atomic mass is 79.9. The SMILES string of the molecule is Cc1ccccc1CCNc1cc(Br)nc(C(C)C)n1. The lowest BCUT2D eigenvalue weighted by molar-refractivity contribution is 0.769. The quantitative estimate of drug-likeness (QED) is 0.827. The van der Waals surface area contributed by atoms with Crippen molar-refractivity contribution in [2.24, 2.45) is 0 Å². The van der Waals surface area contributed by atoms with Gasteiger partial charge in [-0.25, -0.2) is 9.97 Å². The Hall–Kier alpha value is -1.42. The largest absolute Gasteiger partial charge is 0.370 e. The van der Waals surface area contributed by atoms with Crippen LogP contribution in [0.1, 0.15) is 36.7 Å². The van der Waals surface area contributed by atoms with Crippen LogP contribution in [0.25, 0.3) is 0 Å². The van der Waals surface area contributed by atoms with Crippen LogP contribution >= 0.6 is 15.9 Å². The summed E-state index contributed by atoms with van der Waals surface area (Å²) in [5, 5.41) is 3.38. The van der Waals surface area contributed by atoms with Gasteiger partial charge in [0.15, 0.2) is 0 Å². The summed E-state index contributed by atoms with van der Waals surface area (Å²) in [5.74, 6) is 2.06. The third-order valence-electron chi connectivity index (χ3n) is 3.19. The molecule has 4 heteroatoms. The third kappa shape index (κ3) is 4.04. The van der Waals surface area contributed by atoms with Crippen LogP contribution in [0, 0.1) is 6.92 Å². The maximum Gasteiger partial charge on any atom is 0.134 e. The third-order valence-corrected chi connectivity index (χ3v) is 3.60. The smallest absolute Gasteiger partial charge is 0.134 e. The van der Waals surface area contributed by atoms with E-state index in [4.69, 9.17) is 0 Å². The predicted octanol–water partition coefficient (Wildman–Crippen LogP) is 4.33. The number of hydrogen-bond acceptors (Lipinski definition) is 3. The molecule has 0 spiro atoms. The zero-order chi connectivity index (χ0) is 14.5. The first-order valence-electron chi connectivity index (χ1n) is 6.89. The van der Waals surface area contributed by atoms with Crippen molar-refractivity contribution in [2.45, 2.75) is 33.1 Å². The second-order valence-corrected chi connectivity index (χ2v) is 6.00. The summed E-state index contributed by atoms with van der Waals surface area (Å²) in [4.78, 5) is 8.91.